The lowest BCUT2D eigenvalue weighted by Gasteiger charge is -2.13. The third-order valence-corrected chi connectivity index (χ3v) is 5.78. The van der Waals surface area contributed by atoms with Crippen LogP contribution >= 0.6 is 11.6 Å². The first kappa shape index (κ1) is 20.7. The molecule has 4 N–H and O–H groups in total. The number of amides is 3. The number of nitrogens with one attached hydrogen (secondary N) is 2. The summed E-state index contributed by atoms with van der Waals surface area (Å²) in [5.41, 5.74) is 6.40. The summed E-state index contributed by atoms with van der Waals surface area (Å²) >= 11 is 6.05. The van der Waals surface area contributed by atoms with Crippen LogP contribution in [0, 0.1) is 0 Å². The number of carbonyl (C=O) groups excluding carboxylic acids is 2. The van der Waals surface area contributed by atoms with E-state index in [0.29, 0.717) is 5.69 Å². The number of hydrogen-bond acceptors (Lipinski definition) is 4. The van der Waals surface area contributed by atoms with E-state index in [1.54, 1.807) is 24.3 Å². The van der Waals surface area contributed by atoms with Crippen LogP contribution in [0.2, 0.25) is 5.02 Å². The van der Waals surface area contributed by atoms with E-state index in [1.807, 2.05) is 0 Å². The predicted molar refractivity (Wildman–Crippen MR) is 103 cm³/mol. The van der Waals surface area contributed by atoms with Crippen molar-refractivity contribution >= 4 is 39.2 Å². The fraction of sp³-hybridized carbons (Fsp3) is 0.176. The summed E-state index contributed by atoms with van der Waals surface area (Å²) in [5, 5.41) is 5.26. The van der Waals surface area contributed by atoms with E-state index in [1.165, 1.54) is 32.3 Å². The van der Waals surface area contributed by atoms with Gasteiger partial charge in [0.2, 0.25) is 10.0 Å². The van der Waals surface area contributed by atoms with Gasteiger partial charge in [0.25, 0.3) is 5.91 Å². The molecule has 0 aliphatic carbocycles. The lowest BCUT2D eigenvalue weighted by atomic mass is 10.2. The number of primary amides is 1. The Morgan fingerprint density at radius 2 is 1.74 bits per heavy atom. The minimum absolute atomic E-state index is 0.0241. The summed E-state index contributed by atoms with van der Waals surface area (Å²) in [5.74, 6) is -0.504. The Morgan fingerprint density at radius 3 is 2.30 bits per heavy atom. The molecular weight excluding hydrogens is 392 g/mol. The Balaban J connectivity index is 2.13. The van der Waals surface area contributed by atoms with Gasteiger partial charge in [0.05, 0.1) is 15.5 Å². The number of rotatable bonds is 6. The van der Waals surface area contributed by atoms with Crippen molar-refractivity contribution in [1.29, 1.82) is 0 Å². The maximum absolute atomic E-state index is 12.4. The van der Waals surface area contributed by atoms with Gasteiger partial charge in [-0.2, -0.15) is 0 Å². The van der Waals surface area contributed by atoms with Crippen LogP contribution in [0.15, 0.2) is 47.4 Å². The fourth-order valence-electron chi connectivity index (χ4n) is 2.18. The molecule has 0 atom stereocenters. The van der Waals surface area contributed by atoms with Gasteiger partial charge in [-0.15, -0.1) is 0 Å². The van der Waals surface area contributed by atoms with Gasteiger partial charge in [-0.05, 0) is 35.9 Å². The van der Waals surface area contributed by atoms with Crippen molar-refractivity contribution in [3.05, 3.63) is 58.6 Å². The first-order valence-electron chi connectivity index (χ1n) is 7.77. The highest BCUT2D eigenvalue weighted by Gasteiger charge is 2.20. The second-order valence-electron chi connectivity index (χ2n) is 5.80. The Labute approximate surface area is 162 Å². The molecule has 3 amide bonds. The predicted octanol–water partition coefficient (Wildman–Crippen LogP) is 2.01. The van der Waals surface area contributed by atoms with E-state index in [2.05, 4.69) is 10.6 Å². The number of anilines is 1. The molecule has 0 bridgehead atoms. The molecule has 2 rings (SSSR count). The quantitative estimate of drug-likeness (QED) is 0.674. The molecule has 0 unspecified atom stereocenters. The average Bonchev–Trinajstić information content (AvgIpc) is 2.60. The SMILES string of the molecule is CN(C)S(=O)(=O)c1ccc(Cl)c(C(=O)NCc2ccc(NC(N)=O)cc2)c1. The third-order valence-electron chi connectivity index (χ3n) is 3.64. The molecule has 0 fully saturated rings. The number of nitrogens with zero attached hydrogens (tertiary/aromatic N) is 1. The zero-order valence-corrected chi connectivity index (χ0v) is 16.3. The van der Waals surface area contributed by atoms with Crippen molar-refractivity contribution in [3.63, 3.8) is 0 Å². The van der Waals surface area contributed by atoms with Crippen LogP contribution in [0.5, 0.6) is 0 Å². The monoisotopic (exact) mass is 410 g/mol. The number of hydrogen-bond donors (Lipinski definition) is 3. The molecule has 2 aromatic rings. The van der Waals surface area contributed by atoms with E-state index in [9.17, 15) is 18.0 Å². The zero-order valence-electron chi connectivity index (χ0n) is 14.7. The Morgan fingerprint density at radius 1 is 1.11 bits per heavy atom. The van der Waals surface area contributed by atoms with E-state index >= 15 is 0 Å². The average molecular weight is 411 g/mol. The Hall–Kier alpha value is -2.62. The molecule has 8 nitrogen and oxygen atoms in total. The standard InChI is InChI=1S/C17H19ClN4O4S/c1-22(2)27(25,26)13-7-8-15(18)14(9-13)16(23)20-10-11-3-5-12(6-4-11)21-17(19)24/h3-9H,10H2,1-2H3,(H,20,23)(H3,19,21,24). The molecule has 0 spiro atoms. The highest BCUT2D eigenvalue weighted by atomic mass is 35.5. The van der Waals surface area contributed by atoms with E-state index in [-0.39, 0.29) is 22.0 Å². The van der Waals surface area contributed by atoms with Gasteiger partial charge < -0.3 is 16.4 Å². The molecule has 10 heteroatoms. The Kier molecular flexibility index (Phi) is 6.42. The second kappa shape index (κ2) is 8.38. The van der Waals surface area contributed by atoms with Gasteiger partial charge >= 0.3 is 6.03 Å². The maximum Gasteiger partial charge on any atom is 0.316 e. The zero-order chi connectivity index (χ0) is 20.2. The van der Waals surface area contributed by atoms with E-state index < -0.39 is 22.0 Å². The first-order chi connectivity index (χ1) is 12.6. The maximum atomic E-state index is 12.4. The van der Waals surface area contributed by atoms with E-state index in [0.717, 1.165) is 9.87 Å². The molecule has 0 aromatic heterocycles. The normalized spacial score (nSPS) is 11.3. The molecule has 0 radical (unpaired) electrons. The number of nitrogens with two attached hydrogens (primary N) is 1. The van der Waals surface area contributed by atoms with Crippen molar-refractivity contribution in [2.45, 2.75) is 11.4 Å². The first-order valence-corrected chi connectivity index (χ1v) is 9.58. The van der Waals surface area contributed by atoms with E-state index in [4.69, 9.17) is 17.3 Å². The van der Waals surface area contributed by atoms with Crippen LogP contribution in [-0.4, -0.2) is 38.8 Å². The summed E-state index contributed by atoms with van der Waals surface area (Å²) < 4.78 is 25.5. The molecule has 0 aliphatic heterocycles. The molecule has 27 heavy (non-hydrogen) atoms. The Bertz CT molecular complexity index is 959. The summed E-state index contributed by atoms with van der Waals surface area (Å²) in [6.45, 7) is 0.191. The van der Waals surface area contributed by atoms with Crippen LogP contribution in [0.25, 0.3) is 0 Å². The third kappa shape index (κ3) is 5.19. The summed E-state index contributed by atoms with van der Waals surface area (Å²) in [7, 11) is -0.875. The minimum Gasteiger partial charge on any atom is -0.351 e. The molecule has 0 saturated carbocycles. The lowest BCUT2D eigenvalue weighted by Crippen LogP contribution is -2.25. The van der Waals surface area contributed by atoms with Gasteiger partial charge in [0.15, 0.2) is 0 Å². The fourth-order valence-corrected chi connectivity index (χ4v) is 3.31. The van der Waals surface area contributed by atoms with Crippen molar-refractivity contribution in [1.82, 2.24) is 9.62 Å². The highest BCUT2D eigenvalue weighted by Crippen LogP contribution is 2.22. The molecular formula is C17H19ClN4O4S. The summed E-state index contributed by atoms with van der Waals surface area (Å²) in [4.78, 5) is 23.2. The van der Waals surface area contributed by atoms with Gasteiger partial charge in [0.1, 0.15) is 0 Å². The van der Waals surface area contributed by atoms with Crippen molar-refractivity contribution in [3.8, 4) is 0 Å². The topological polar surface area (TPSA) is 122 Å². The largest absolute Gasteiger partial charge is 0.351 e. The van der Waals surface area contributed by atoms with Crippen molar-refractivity contribution < 1.29 is 18.0 Å². The van der Waals surface area contributed by atoms with Crippen LogP contribution in [0.3, 0.4) is 0 Å². The number of carbonyl (C=O) groups is 2. The number of urea groups is 1. The van der Waals surface area contributed by atoms with Crippen LogP contribution < -0.4 is 16.4 Å². The lowest BCUT2D eigenvalue weighted by molar-refractivity contribution is 0.0951. The molecule has 0 saturated heterocycles. The van der Waals surface area contributed by atoms with Crippen LogP contribution in [0.1, 0.15) is 15.9 Å². The van der Waals surface area contributed by atoms with Gasteiger partial charge in [-0.1, -0.05) is 23.7 Å². The summed E-state index contributed by atoms with van der Waals surface area (Å²) in [6.07, 6.45) is 0. The van der Waals surface area contributed by atoms with Crippen LogP contribution in [0.4, 0.5) is 10.5 Å². The minimum atomic E-state index is -3.68. The van der Waals surface area contributed by atoms with Gasteiger partial charge in [-0.3, -0.25) is 4.79 Å². The summed E-state index contributed by atoms with van der Waals surface area (Å²) in [6, 6.07) is 9.99. The number of sulfonamides is 1. The highest BCUT2D eigenvalue weighted by molar-refractivity contribution is 7.89. The van der Waals surface area contributed by atoms with Gasteiger partial charge in [0, 0.05) is 26.3 Å². The molecule has 0 heterocycles. The second-order valence-corrected chi connectivity index (χ2v) is 8.36. The number of benzene rings is 2. The smallest absolute Gasteiger partial charge is 0.316 e. The number of halogens is 1. The molecule has 0 aliphatic rings. The van der Waals surface area contributed by atoms with Crippen LogP contribution in [-0.2, 0) is 16.6 Å². The van der Waals surface area contributed by atoms with Crippen molar-refractivity contribution in [2.75, 3.05) is 19.4 Å². The van der Waals surface area contributed by atoms with Crippen molar-refractivity contribution in [2.24, 2.45) is 5.73 Å². The molecule has 144 valence electrons. The van der Waals surface area contributed by atoms with Gasteiger partial charge in [-0.25, -0.2) is 17.5 Å². The molecule has 2 aromatic carbocycles.